The number of aromatic hydroxyl groups is 1. The Labute approximate surface area is 166 Å². The average Bonchev–Trinajstić information content (AvgIpc) is 2.66. The number of H-pyrrole nitrogens is 1. The van der Waals surface area contributed by atoms with Gasteiger partial charge < -0.3 is 10.4 Å². The van der Waals surface area contributed by atoms with Crippen LogP contribution in [-0.4, -0.2) is 26.9 Å². The van der Waals surface area contributed by atoms with Crippen LogP contribution in [0.3, 0.4) is 0 Å². The third-order valence-electron chi connectivity index (χ3n) is 3.60. The van der Waals surface area contributed by atoms with E-state index in [1.54, 1.807) is 54.6 Å². The summed E-state index contributed by atoms with van der Waals surface area (Å²) in [7, 11) is 0. The second kappa shape index (κ2) is 8.35. The number of anilines is 1. The second-order valence-electron chi connectivity index (χ2n) is 5.50. The lowest BCUT2D eigenvalue weighted by molar-refractivity contribution is 0.252. The van der Waals surface area contributed by atoms with E-state index in [0.717, 1.165) is 15.3 Å². The number of carbonyl (C=O) groups excluding carboxylic acids is 1. The Hall–Kier alpha value is -3.66. The zero-order chi connectivity index (χ0) is 20.1. The molecule has 0 saturated carbocycles. The van der Waals surface area contributed by atoms with Gasteiger partial charge in [0.2, 0.25) is 5.88 Å². The number of nitrogens with zero attached hydrogens (tertiary/aromatic N) is 2. The van der Waals surface area contributed by atoms with Gasteiger partial charge in [-0.2, -0.15) is 5.10 Å². The van der Waals surface area contributed by atoms with Gasteiger partial charge in [0.15, 0.2) is 0 Å². The van der Waals surface area contributed by atoms with Crippen LogP contribution in [0.2, 0.25) is 0 Å². The summed E-state index contributed by atoms with van der Waals surface area (Å²) >= 11 is 3.28. The van der Waals surface area contributed by atoms with Crippen molar-refractivity contribution in [1.29, 1.82) is 0 Å². The number of nitrogens with one attached hydrogen (secondary N) is 3. The fourth-order valence-electron chi connectivity index (χ4n) is 2.32. The number of hydrogen-bond acceptors (Lipinski definition) is 5. The number of halogens is 1. The van der Waals surface area contributed by atoms with Gasteiger partial charge in [-0.15, -0.1) is 0 Å². The molecule has 1 aromatic heterocycles. The first-order valence-corrected chi connectivity index (χ1v) is 8.74. The van der Waals surface area contributed by atoms with E-state index in [1.165, 1.54) is 0 Å². The van der Waals surface area contributed by atoms with Crippen LogP contribution in [0.25, 0.3) is 5.69 Å². The van der Waals surface area contributed by atoms with E-state index in [1.807, 2.05) is 0 Å². The minimum atomic E-state index is -0.843. The Morgan fingerprint density at radius 3 is 2.46 bits per heavy atom. The molecule has 0 bridgehead atoms. The molecule has 0 fully saturated rings. The molecule has 3 aromatic rings. The number of para-hydroxylation sites is 1. The van der Waals surface area contributed by atoms with Gasteiger partial charge in [0.05, 0.1) is 11.9 Å². The van der Waals surface area contributed by atoms with E-state index in [4.69, 9.17) is 0 Å². The molecule has 10 heteroatoms. The molecule has 0 radical (unpaired) electrons. The zero-order valence-corrected chi connectivity index (χ0v) is 15.8. The van der Waals surface area contributed by atoms with Crippen LogP contribution >= 0.6 is 15.9 Å². The Morgan fingerprint density at radius 2 is 1.79 bits per heavy atom. The van der Waals surface area contributed by atoms with Crippen LogP contribution < -0.4 is 22.0 Å². The van der Waals surface area contributed by atoms with Gasteiger partial charge in [0, 0.05) is 10.2 Å². The lowest BCUT2D eigenvalue weighted by Crippen LogP contribution is -2.31. The molecule has 1 heterocycles. The summed E-state index contributed by atoms with van der Waals surface area (Å²) in [5, 5.41) is 16.6. The summed E-state index contributed by atoms with van der Waals surface area (Å²) in [5.41, 5.74) is 1.13. The average molecular weight is 444 g/mol. The van der Waals surface area contributed by atoms with Gasteiger partial charge in [-0.25, -0.2) is 19.6 Å². The number of aromatic nitrogens is 2. The highest BCUT2D eigenvalue weighted by molar-refractivity contribution is 9.10. The van der Waals surface area contributed by atoms with Crippen molar-refractivity contribution in [3.05, 3.63) is 85.5 Å². The van der Waals surface area contributed by atoms with Gasteiger partial charge in [0.1, 0.15) is 5.56 Å². The molecule has 28 heavy (non-hydrogen) atoms. The molecule has 4 N–H and O–H groups in total. The molecule has 9 nitrogen and oxygen atoms in total. The molecule has 0 aliphatic heterocycles. The first-order valence-electron chi connectivity index (χ1n) is 7.95. The third kappa shape index (κ3) is 4.35. The molecule has 2 amide bonds. The zero-order valence-electron chi connectivity index (χ0n) is 14.2. The Morgan fingerprint density at radius 1 is 1.11 bits per heavy atom. The number of urea groups is 1. The third-order valence-corrected chi connectivity index (χ3v) is 4.13. The van der Waals surface area contributed by atoms with Crippen molar-refractivity contribution in [2.45, 2.75) is 0 Å². The predicted molar refractivity (Wildman–Crippen MR) is 108 cm³/mol. The molecule has 3 rings (SSSR count). The highest BCUT2D eigenvalue weighted by Crippen LogP contribution is 2.17. The molecule has 0 aliphatic carbocycles. The highest BCUT2D eigenvalue weighted by atomic mass is 79.9. The quantitative estimate of drug-likeness (QED) is 0.363. The summed E-state index contributed by atoms with van der Waals surface area (Å²) < 4.78 is 1.70. The van der Waals surface area contributed by atoms with E-state index in [2.05, 4.69) is 36.8 Å². The van der Waals surface area contributed by atoms with Crippen molar-refractivity contribution < 1.29 is 9.90 Å². The highest BCUT2D eigenvalue weighted by Gasteiger charge is 2.14. The number of hydrazone groups is 1. The molecule has 142 valence electrons. The predicted octanol–water partition coefficient (Wildman–Crippen LogP) is 2.15. The number of carbonyl (C=O) groups is 1. The van der Waals surface area contributed by atoms with Crippen molar-refractivity contribution in [1.82, 2.24) is 15.0 Å². The molecule has 0 aliphatic rings. The minimum absolute atomic E-state index is 0.289. The minimum Gasteiger partial charge on any atom is -0.493 e. The van der Waals surface area contributed by atoms with E-state index < -0.39 is 23.2 Å². The first kappa shape index (κ1) is 19.1. The van der Waals surface area contributed by atoms with Gasteiger partial charge in [-0.05, 0) is 36.4 Å². The lowest BCUT2D eigenvalue weighted by atomic mass is 10.3. The van der Waals surface area contributed by atoms with Crippen molar-refractivity contribution in [3.63, 3.8) is 0 Å². The molecular weight excluding hydrogens is 430 g/mol. The normalized spacial score (nSPS) is 10.8. The van der Waals surface area contributed by atoms with Crippen molar-refractivity contribution >= 4 is 33.9 Å². The fraction of sp³-hybridized carbons (Fsp3) is 0. The lowest BCUT2D eigenvalue weighted by Gasteiger charge is -2.09. The monoisotopic (exact) mass is 443 g/mol. The summed E-state index contributed by atoms with van der Waals surface area (Å²) in [6, 6.07) is 14.6. The van der Waals surface area contributed by atoms with Gasteiger partial charge in [-0.3, -0.25) is 9.78 Å². The Kier molecular flexibility index (Phi) is 5.70. The number of rotatable bonds is 4. The smallest absolute Gasteiger partial charge is 0.339 e. The van der Waals surface area contributed by atoms with Crippen LogP contribution in [0.15, 0.2) is 73.8 Å². The van der Waals surface area contributed by atoms with E-state index in [-0.39, 0.29) is 5.56 Å². The number of amides is 2. The second-order valence-corrected chi connectivity index (χ2v) is 6.41. The molecule has 2 aromatic carbocycles. The summed E-state index contributed by atoms with van der Waals surface area (Å²) in [5.74, 6) is -0.606. The molecule has 0 unspecified atom stereocenters. The van der Waals surface area contributed by atoms with Crippen molar-refractivity contribution in [2.75, 3.05) is 5.32 Å². The number of aromatic amines is 1. The molecule has 0 atom stereocenters. The van der Waals surface area contributed by atoms with E-state index >= 15 is 0 Å². The SMILES string of the molecule is O=C(NN=Cc1c(O)n(-c2ccc(Br)cc2)c(=O)[nH]c1=O)Nc1ccccc1. The standard InChI is InChI=1S/C18H14BrN5O4/c19-11-6-8-13(9-7-11)24-16(26)14(15(25)22-18(24)28)10-20-23-17(27)21-12-4-2-1-3-5-12/h1-10,26H,(H2,21,23,27)(H,22,25,28). The maximum absolute atomic E-state index is 12.1. The van der Waals surface area contributed by atoms with Gasteiger partial charge >= 0.3 is 11.7 Å². The van der Waals surface area contributed by atoms with Crippen LogP contribution in [0.5, 0.6) is 5.88 Å². The van der Waals surface area contributed by atoms with E-state index in [9.17, 15) is 19.5 Å². The molecular formula is C18H14BrN5O4. The fourth-order valence-corrected chi connectivity index (χ4v) is 2.58. The van der Waals surface area contributed by atoms with Crippen LogP contribution in [0, 0.1) is 0 Å². The maximum atomic E-state index is 12.1. The molecule has 0 saturated heterocycles. The summed E-state index contributed by atoms with van der Waals surface area (Å²) in [6.07, 6.45) is 0.952. The largest absolute Gasteiger partial charge is 0.493 e. The van der Waals surface area contributed by atoms with Crippen LogP contribution in [0.1, 0.15) is 5.56 Å². The summed E-state index contributed by atoms with van der Waals surface area (Å²) in [6.45, 7) is 0. The van der Waals surface area contributed by atoms with Crippen LogP contribution in [0.4, 0.5) is 10.5 Å². The Bertz CT molecular complexity index is 1140. The summed E-state index contributed by atoms with van der Waals surface area (Å²) in [4.78, 5) is 38.0. The van der Waals surface area contributed by atoms with Crippen LogP contribution in [-0.2, 0) is 0 Å². The Balaban J connectivity index is 1.84. The topological polar surface area (TPSA) is 129 Å². The number of hydrogen-bond donors (Lipinski definition) is 4. The first-order chi connectivity index (χ1) is 13.5. The number of benzene rings is 2. The van der Waals surface area contributed by atoms with Crippen molar-refractivity contribution in [2.24, 2.45) is 5.10 Å². The molecule has 0 spiro atoms. The van der Waals surface area contributed by atoms with Gasteiger partial charge in [0.25, 0.3) is 5.56 Å². The van der Waals surface area contributed by atoms with E-state index in [0.29, 0.717) is 11.4 Å². The maximum Gasteiger partial charge on any atom is 0.339 e. The van der Waals surface area contributed by atoms with Gasteiger partial charge in [-0.1, -0.05) is 34.1 Å². The van der Waals surface area contributed by atoms with Crippen molar-refractivity contribution in [3.8, 4) is 11.6 Å².